The first-order chi connectivity index (χ1) is 11.3. The van der Waals surface area contributed by atoms with Crippen molar-refractivity contribution < 1.29 is 0 Å². The number of hydrogen-bond donors (Lipinski definition) is 1. The summed E-state index contributed by atoms with van der Waals surface area (Å²) in [7, 11) is 0. The fourth-order valence-electron chi connectivity index (χ4n) is 4.53. The minimum Gasteiger partial charge on any atom is -0.315 e. The first kappa shape index (κ1) is 19.2. The molecular formula is C20H41N3. The summed E-state index contributed by atoms with van der Waals surface area (Å²) >= 11 is 0. The molecule has 1 saturated heterocycles. The highest BCUT2D eigenvalue weighted by Gasteiger charge is 2.38. The maximum Gasteiger partial charge on any atom is 0.0335 e. The van der Waals surface area contributed by atoms with Gasteiger partial charge in [-0.2, -0.15) is 0 Å². The van der Waals surface area contributed by atoms with E-state index >= 15 is 0 Å². The van der Waals surface area contributed by atoms with Crippen LogP contribution >= 0.6 is 0 Å². The van der Waals surface area contributed by atoms with Crippen molar-refractivity contribution in [3.63, 3.8) is 0 Å². The lowest BCUT2D eigenvalue weighted by atomic mass is 9.79. The van der Waals surface area contributed by atoms with E-state index in [1.54, 1.807) is 0 Å². The highest BCUT2D eigenvalue weighted by atomic mass is 15.3. The predicted molar refractivity (Wildman–Crippen MR) is 101 cm³/mol. The molecule has 0 unspecified atom stereocenters. The summed E-state index contributed by atoms with van der Waals surface area (Å²) in [5.41, 5.74) is 0.474. The average Bonchev–Trinajstić information content (AvgIpc) is 2.62. The molecule has 2 aliphatic rings. The Kier molecular flexibility index (Phi) is 8.92. The van der Waals surface area contributed by atoms with Gasteiger partial charge in [0.25, 0.3) is 0 Å². The molecule has 1 heterocycles. The lowest BCUT2D eigenvalue weighted by Gasteiger charge is -2.50. The van der Waals surface area contributed by atoms with Gasteiger partial charge in [0, 0.05) is 38.3 Å². The number of nitrogens with one attached hydrogen (secondary N) is 1. The zero-order valence-corrected chi connectivity index (χ0v) is 15.9. The standard InChI is InChI=1S/C20H41N3/c1-3-5-6-7-11-14-21-19-20(12-9-8-10-13-20)23-17-15-22(4-2)16-18-23/h21H,3-19H2,1-2H3. The van der Waals surface area contributed by atoms with Crippen molar-refractivity contribution in [3.05, 3.63) is 0 Å². The summed E-state index contributed by atoms with van der Waals surface area (Å²) in [5, 5.41) is 3.84. The molecule has 0 atom stereocenters. The first-order valence-electron chi connectivity index (χ1n) is 10.5. The van der Waals surface area contributed by atoms with Crippen molar-refractivity contribution in [1.29, 1.82) is 0 Å². The fourth-order valence-corrected chi connectivity index (χ4v) is 4.53. The molecule has 2 rings (SSSR count). The maximum atomic E-state index is 3.84. The zero-order valence-electron chi connectivity index (χ0n) is 15.9. The molecule has 0 amide bonds. The molecule has 0 aromatic rings. The summed E-state index contributed by atoms with van der Waals surface area (Å²) in [6.07, 6.45) is 14.1. The number of unbranched alkanes of at least 4 members (excludes halogenated alkanes) is 4. The molecule has 1 aliphatic heterocycles. The van der Waals surface area contributed by atoms with Gasteiger partial charge < -0.3 is 10.2 Å². The number of hydrogen-bond acceptors (Lipinski definition) is 3. The minimum atomic E-state index is 0.474. The van der Waals surface area contributed by atoms with Gasteiger partial charge in [0.05, 0.1) is 0 Å². The van der Waals surface area contributed by atoms with E-state index in [4.69, 9.17) is 0 Å². The van der Waals surface area contributed by atoms with Crippen molar-refractivity contribution in [2.75, 3.05) is 45.8 Å². The molecule has 0 aromatic heterocycles. The van der Waals surface area contributed by atoms with Crippen LogP contribution in [0.3, 0.4) is 0 Å². The summed E-state index contributed by atoms with van der Waals surface area (Å²) in [4.78, 5) is 5.45. The van der Waals surface area contributed by atoms with E-state index in [0.29, 0.717) is 5.54 Å². The molecular weight excluding hydrogens is 282 g/mol. The van der Waals surface area contributed by atoms with E-state index in [-0.39, 0.29) is 0 Å². The van der Waals surface area contributed by atoms with Crippen LogP contribution in [-0.4, -0.2) is 61.2 Å². The lowest BCUT2D eigenvalue weighted by Crippen LogP contribution is -2.61. The number of likely N-dealkylation sites (N-methyl/N-ethyl adjacent to an activating group) is 1. The summed E-state index contributed by atoms with van der Waals surface area (Å²) in [5.74, 6) is 0. The average molecular weight is 324 g/mol. The van der Waals surface area contributed by atoms with E-state index in [0.717, 1.165) is 0 Å². The van der Waals surface area contributed by atoms with E-state index in [9.17, 15) is 0 Å². The molecule has 0 radical (unpaired) electrons. The Balaban J connectivity index is 1.75. The van der Waals surface area contributed by atoms with Gasteiger partial charge >= 0.3 is 0 Å². The first-order valence-corrected chi connectivity index (χ1v) is 10.5. The quantitative estimate of drug-likeness (QED) is 0.615. The van der Waals surface area contributed by atoms with Gasteiger partial charge in [0.15, 0.2) is 0 Å². The Morgan fingerprint density at radius 3 is 2.17 bits per heavy atom. The maximum absolute atomic E-state index is 3.84. The van der Waals surface area contributed by atoms with Gasteiger partial charge in [-0.05, 0) is 32.4 Å². The molecule has 1 saturated carbocycles. The largest absolute Gasteiger partial charge is 0.315 e. The van der Waals surface area contributed by atoms with Crippen LogP contribution in [0.5, 0.6) is 0 Å². The van der Waals surface area contributed by atoms with E-state index in [2.05, 4.69) is 29.0 Å². The third-order valence-corrected chi connectivity index (χ3v) is 6.19. The van der Waals surface area contributed by atoms with E-state index < -0.39 is 0 Å². The Labute approximate surface area is 145 Å². The lowest BCUT2D eigenvalue weighted by molar-refractivity contribution is 0.00908. The second-order valence-electron chi connectivity index (χ2n) is 7.80. The summed E-state index contributed by atoms with van der Waals surface area (Å²) in [6, 6.07) is 0. The Morgan fingerprint density at radius 2 is 1.52 bits per heavy atom. The predicted octanol–water partition coefficient (Wildman–Crippen LogP) is 3.89. The molecule has 3 heteroatoms. The van der Waals surface area contributed by atoms with Crippen LogP contribution in [0, 0.1) is 0 Å². The third-order valence-electron chi connectivity index (χ3n) is 6.19. The van der Waals surface area contributed by atoms with Crippen LogP contribution in [-0.2, 0) is 0 Å². The topological polar surface area (TPSA) is 18.5 Å². The van der Waals surface area contributed by atoms with Crippen molar-refractivity contribution in [2.45, 2.75) is 83.6 Å². The molecule has 136 valence electrons. The molecule has 2 fully saturated rings. The van der Waals surface area contributed by atoms with E-state index in [1.165, 1.54) is 110 Å². The van der Waals surface area contributed by atoms with Crippen LogP contribution < -0.4 is 5.32 Å². The zero-order chi connectivity index (χ0) is 16.4. The van der Waals surface area contributed by atoms with Crippen molar-refractivity contribution in [1.82, 2.24) is 15.1 Å². The van der Waals surface area contributed by atoms with Crippen LogP contribution in [0.25, 0.3) is 0 Å². The van der Waals surface area contributed by atoms with E-state index in [1.807, 2.05) is 0 Å². The van der Waals surface area contributed by atoms with Gasteiger partial charge in [0.1, 0.15) is 0 Å². The Bertz CT molecular complexity index is 291. The highest BCUT2D eigenvalue weighted by molar-refractivity contribution is 4.96. The summed E-state index contributed by atoms with van der Waals surface area (Å²) < 4.78 is 0. The molecule has 0 aromatic carbocycles. The monoisotopic (exact) mass is 323 g/mol. The smallest absolute Gasteiger partial charge is 0.0335 e. The van der Waals surface area contributed by atoms with Gasteiger partial charge in [-0.3, -0.25) is 4.90 Å². The third kappa shape index (κ3) is 6.03. The molecule has 0 spiro atoms. The SMILES string of the molecule is CCCCCCCNCC1(N2CCN(CC)CC2)CCCCC1. The van der Waals surface area contributed by atoms with Crippen LogP contribution in [0.4, 0.5) is 0 Å². The molecule has 1 N–H and O–H groups in total. The van der Waals surface area contributed by atoms with Crippen molar-refractivity contribution >= 4 is 0 Å². The number of piperazine rings is 1. The van der Waals surface area contributed by atoms with Crippen LogP contribution in [0.2, 0.25) is 0 Å². The summed E-state index contributed by atoms with van der Waals surface area (Å²) in [6.45, 7) is 13.4. The second kappa shape index (κ2) is 10.7. The second-order valence-corrected chi connectivity index (χ2v) is 7.80. The highest BCUT2D eigenvalue weighted by Crippen LogP contribution is 2.34. The molecule has 0 bridgehead atoms. The van der Waals surface area contributed by atoms with Crippen molar-refractivity contribution in [2.24, 2.45) is 0 Å². The van der Waals surface area contributed by atoms with Crippen LogP contribution in [0.1, 0.15) is 78.1 Å². The minimum absolute atomic E-state index is 0.474. The van der Waals surface area contributed by atoms with Crippen LogP contribution in [0.15, 0.2) is 0 Å². The number of nitrogens with zero attached hydrogens (tertiary/aromatic N) is 2. The van der Waals surface area contributed by atoms with Crippen molar-refractivity contribution in [3.8, 4) is 0 Å². The van der Waals surface area contributed by atoms with Gasteiger partial charge in [0.2, 0.25) is 0 Å². The van der Waals surface area contributed by atoms with Gasteiger partial charge in [-0.1, -0.05) is 58.8 Å². The number of rotatable bonds is 10. The van der Waals surface area contributed by atoms with Gasteiger partial charge in [-0.15, -0.1) is 0 Å². The Hall–Kier alpha value is -0.120. The Morgan fingerprint density at radius 1 is 0.826 bits per heavy atom. The normalized spacial score (nSPS) is 23.2. The molecule has 1 aliphatic carbocycles. The molecule has 3 nitrogen and oxygen atoms in total. The van der Waals surface area contributed by atoms with Gasteiger partial charge in [-0.25, -0.2) is 0 Å². The fraction of sp³-hybridized carbons (Fsp3) is 1.00. The molecule has 23 heavy (non-hydrogen) atoms.